The zero-order valence-corrected chi connectivity index (χ0v) is 20.0. The highest BCUT2D eigenvalue weighted by Crippen LogP contribution is 2.38. The SMILES string of the molecule is O=C(Oc1cccc(Nc2ccnc3cc(-c4ccc(CN5CCNCC5)cc4)sc23)c1)C(F)(F)F. The molecule has 5 rings (SSSR count). The summed E-state index contributed by atoms with van der Waals surface area (Å²) in [6.07, 6.45) is -3.39. The van der Waals surface area contributed by atoms with E-state index in [-0.39, 0.29) is 5.75 Å². The van der Waals surface area contributed by atoms with E-state index in [0.29, 0.717) is 5.69 Å². The molecule has 0 atom stereocenters. The molecule has 0 unspecified atom stereocenters. The highest BCUT2D eigenvalue weighted by Gasteiger charge is 2.41. The van der Waals surface area contributed by atoms with Crippen molar-refractivity contribution in [2.24, 2.45) is 0 Å². The fourth-order valence-corrected chi connectivity index (χ4v) is 5.13. The maximum absolute atomic E-state index is 12.5. The van der Waals surface area contributed by atoms with Gasteiger partial charge in [-0.05, 0) is 35.4 Å². The van der Waals surface area contributed by atoms with Gasteiger partial charge in [-0.15, -0.1) is 11.3 Å². The van der Waals surface area contributed by atoms with E-state index in [2.05, 4.69) is 49.5 Å². The number of alkyl halides is 3. The zero-order valence-electron chi connectivity index (χ0n) is 19.1. The number of rotatable bonds is 6. The highest BCUT2D eigenvalue weighted by molar-refractivity contribution is 7.22. The third-order valence-electron chi connectivity index (χ3n) is 5.82. The van der Waals surface area contributed by atoms with Crippen LogP contribution in [0.4, 0.5) is 24.5 Å². The van der Waals surface area contributed by atoms with Crippen LogP contribution in [0, 0.1) is 0 Å². The average Bonchev–Trinajstić information content (AvgIpc) is 3.30. The molecule has 2 aromatic heterocycles. The normalized spacial score (nSPS) is 14.6. The van der Waals surface area contributed by atoms with Crippen molar-refractivity contribution in [2.45, 2.75) is 12.7 Å². The summed E-state index contributed by atoms with van der Waals surface area (Å²) in [7, 11) is 0. The van der Waals surface area contributed by atoms with Gasteiger partial charge in [0.25, 0.3) is 0 Å². The number of ether oxygens (including phenoxy) is 1. The summed E-state index contributed by atoms with van der Waals surface area (Å²) in [6, 6.07) is 18.2. The first-order valence-electron chi connectivity index (χ1n) is 11.4. The molecule has 0 saturated carbocycles. The number of nitrogens with zero attached hydrogens (tertiary/aromatic N) is 2. The number of hydrogen-bond donors (Lipinski definition) is 2. The van der Waals surface area contributed by atoms with Crippen LogP contribution in [-0.2, 0) is 11.3 Å². The number of pyridine rings is 1. The van der Waals surface area contributed by atoms with Crippen molar-refractivity contribution in [3.63, 3.8) is 0 Å². The van der Waals surface area contributed by atoms with Crippen molar-refractivity contribution in [3.05, 3.63) is 72.4 Å². The maximum atomic E-state index is 12.5. The molecule has 2 N–H and O–H groups in total. The summed E-state index contributed by atoms with van der Waals surface area (Å²) >= 11 is 1.58. The van der Waals surface area contributed by atoms with Crippen LogP contribution in [0.1, 0.15) is 5.56 Å². The van der Waals surface area contributed by atoms with Gasteiger partial charge in [-0.3, -0.25) is 9.88 Å². The Hall–Kier alpha value is -3.47. The largest absolute Gasteiger partial charge is 0.491 e. The van der Waals surface area contributed by atoms with E-state index >= 15 is 0 Å². The van der Waals surface area contributed by atoms with E-state index in [1.54, 1.807) is 29.7 Å². The van der Waals surface area contributed by atoms with Gasteiger partial charge in [-0.25, -0.2) is 4.79 Å². The van der Waals surface area contributed by atoms with Gasteiger partial charge >= 0.3 is 12.1 Å². The minimum atomic E-state index is -5.06. The van der Waals surface area contributed by atoms with E-state index in [0.717, 1.165) is 59.1 Å². The van der Waals surface area contributed by atoms with Gasteiger partial charge in [0, 0.05) is 55.6 Å². The molecule has 2 aromatic carbocycles. The second kappa shape index (κ2) is 10.3. The number of piperazine rings is 1. The van der Waals surface area contributed by atoms with Gasteiger partial charge in [0.05, 0.1) is 15.9 Å². The summed E-state index contributed by atoms with van der Waals surface area (Å²) in [5.41, 5.74) is 4.42. The molecule has 36 heavy (non-hydrogen) atoms. The molecule has 0 amide bonds. The summed E-state index contributed by atoms with van der Waals surface area (Å²) in [4.78, 5) is 19.1. The number of hydrogen-bond acceptors (Lipinski definition) is 7. The molecule has 0 spiro atoms. The quantitative estimate of drug-likeness (QED) is 0.260. The van der Waals surface area contributed by atoms with Crippen LogP contribution in [0.3, 0.4) is 0 Å². The Labute approximate surface area is 209 Å². The number of halogens is 3. The lowest BCUT2D eigenvalue weighted by Gasteiger charge is -2.27. The van der Waals surface area contributed by atoms with Crippen molar-refractivity contribution >= 4 is 38.9 Å². The number of thiophene rings is 1. The van der Waals surface area contributed by atoms with Gasteiger partial charge < -0.3 is 15.4 Å². The molecule has 0 aliphatic carbocycles. The minimum Gasteiger partial charge on any atom is -0.420 e. The second-order valence-electron chi connectivity index (χ2n) is 8.45. The first-order chi connectivity index (χ1) is 17.3. The van der Waals surface area contributed by atoms with Crippen LogP contribution >= 0.6 is 11.3 Å². The number of fused-ring (bicyclic) bond motifs is 1. The Balaban J connectivity index is 1.33. The van der Waals surface area contributed by atoms with Crippen molar-refractivity contribution in [3.8, 4) is 16.2 Å². The van der Waals surface area contributed by atoms with Crippen LogP contribution in [-0.4, -0.2) is 48.2 Å². The van der Waals surface area contributed by atoms with E-state index in [4.69, 9.17) is 0 Å². The van der Waals surface area contributed by atoms with E-state index in [1.165, 1.54) is 23.8 Å². The van der Waals surface area contributed by atoms with Gasteiger partial charge in [-0.2, -0.15) is 13.2 Å². The van der Waals surface area contributed by atoms with Gasteiger partial charge in [0.15, 0.2) is 0 Å². The molecular weight excluding hydrogens is 489 g/mol. The Kier molecular flexibility index (Phi) is 6.90. The van der Waals surface area contributed by atoms with Crippen molar-refractivity contribution in [1.82, 2.24) is 15.2 Å². The molecule has 4 aromatic rings. The standard InChI is InChI=1S/C26H23F3N4O2S/c27-26(28,29)25(34)35-20-3-1-2-19(14-20)32-21-8-9-31-22-15-23(36-24(21)22)18-6-4-17(5-7-18)16-33-12-10-30-11-13-33/h1-9,14-15,30H,10-13,16H2,(H,31,32). The Morgan fingerprint density at radius 1 is 1.08 bits per heavy atom. The molecular formula is C26H23F3N4O2S. The number of anilines is 2. The lowest BCUT2D eigenvalue weighted by atomic mass is 10.1. The fraction of sp³-hybridized carbons (Fsp3) is 0.231. The van der Waals surface area contributed by atoms with Crippen LogP contribution < -0.4 is 15.4 Å². The molecule has 3 heterocycles. The summed E-state index contributed by atoms with van der Waals surface area (Å²) in [5, 5.41) is 6.57. The molecule has 186 valence electrons. The summed E-state index contributed by atoms with van der Waals surface area (Å²) in [6.45, 7) is 5.07. The van der Waals surface area contributed by atoms with E-state index < -0.39 is 12.1 Å². The van der Waals surface area contributed by atoms with Gasteiger partial charge in [0.1, 0.15) is 5.75 Å². The number of aromatic nitrogens is 1. The number of carbonyl (C=O) groups is 1. The molecule has 1 fully saturated rings. The average molecular weight is 513 g/mol. The molecule has 1 saturated heterocycles. The Morgan fingerprint density at radius 2 is 1.86 bits per heavy atom. The highest BCUT2D eigenvalue weighted by atomic mass is 32.1. The van der Waals surface area contributed by atoms with Crippen LogP contribution in [0.15, 0.2) is 66.9 Å². The molecule has 1 aliphatic heterocycles. The van der Waals surface area contributed by atoms with Crippen LogP contribution in [0.5, 0.6) is 5.75 Å². The molecule has 10 heteroatoms. The van der Waals surface area contributed by atoms with Gasteiger partial charge in [0.2, 0.25) is 0 Å². The lowest BCUT2D eigenvalue weighted by Crippen LogP contribution is -2.42. The molecule has 0 bridgehead atoms. The number of nitrogens with one attached hydrogen (secondary N) is 2. The number of carbonyl (C=O) groups excluding carboxylic acids is 1. The predicted molar refractivity (Wildman–Crippen MR) is 135 cm³/mol. The number of esters is 1. The summed E-state index contributed by atoms with van der Waals surface area (Å²) in [5.74, 6) is -2.45. The monoisotopic (exact) mass is 512 g/mol. The van der Waals surface area contributed by atoms with Crippen molar-refractivity contribution < 1.29 is 22.7 Å². The van der Waals surface area contributed by atoms with Crippen molar-refractivity contribution in [1.29, 1.82) is 0 Å². The third-order valence-corrected chi connectivity index (χ3v) is 7.03. The van der Waals surface area contributed by atoms with Crippen LogP contribution in [0.25, 0.3) is 20.7 Å². The maximum Gasteiger partial charge on any atom is 0.491 e. The predicted octanol–water partition coefficient (Wildman–Crippen LogP) is 5.58. The lowest BCUT2D eigenvalue weighted by molar-refractivity contribution is -0.189. The second-order valence-corrected chi connectivity index (χ2v) is 9.50. The molecule has 0 radical (unpaired) electrons. The first kappa shape index (κ1) is 24.2. The Morgan fingerprint density at radius 3 is 2.61 bits per heavy atom. The van der Waals surface area contributed by atoms with Crippen molar-refractivity contribution in [2.75, 3.05) is 31.5 Å². The van der Waals surface area contributed by atoms with Gasteiger partial charge in [-0.1, -0.05) is 30.3 Å². The third kappa shape index (κ3) is 5.67. The minimum absolute atomic E-state index is 0.194. The molecule has 6 nitrogen and oxygen atoms in total. The summed E-state index contributed by atoms with van der Waals surface area (Å²) < 4.78 is 42.9. The van der Waals surface area contributed by atoms with E-state index in [1.807, 2.05) is 6.07 Å². The number of benzene rings is 2. The van der Waals surface area contributed by atoms with Crippen LogP contribution in [0.2, 0.25) is 0 Å². The zero-order chi connectivity index (χ0) is 25.1. The molecule has 1 aliphatic rings. The van der Waals surface area contributed by atoms with E-state index in [9.17, 15) is 18.0 Å². The fourth-order valence-electron chi connectivity index (χ4n) is 4.04. The Bertz CT molecular complexity index is 1370. The topological polar surface area (TPSA) is 66.5 Å². The smallest absolute Gasteiger partial charge is 0.420 e. The first-order valence-corrected chi connectivity index (χ1v) is 12.2.